The van der Waals surface area contributed by atoms with Gasteiger partial charge in [0.05, 0.1) is 7.11 Å². The van der Waals surface area contributed by atoms with Gasteiger partial charge in [0.15, 0.2) is 10.9 Å². The Labute approximate surface area is 134 Å². The molecule has 0 amide bonds. The molecule has 0 unspecified atom stereocenters. The molecular formula is C16H19N3O2S. The summed E-state index contributed by atoms with van der Waals surface area (Å²) in [7, 11) is 1.65. The largest absolute Gasteiger partial charge is 0.496 e. The van der Waals surface area contributed by atoms with Crippen molar-refractivity contribution >= 4 is 17.5 Å². The highest BCUT2D eigenvalue weighted by Gasteiger charge is 2.28. The smallest absolute Gasteiger partial charge is 0.191 e. The third kappa shape index (κ3) is 3.02. The maximum absolute atomic E-state index is 11.6. The molecular weight excluding hydrogens is 298 g/mol. The first kappa shape index (κ1) is 15.1. The van der Waals surface area contributed by atoms with E-state index < -0.39 is 0 Å². The predicted molar refractivity (Wildman–Crippen MR) is 85.6 cm³/mol. The fourth-order valence-electron chi connectivity index (χ4n) is 2.45. The molecule has 1 fully saturated rings. The van der Waals surface area contributed by atoms with Crippen LogP contribution in [0.15, 0.2) is 23.4 Å². The molecule has 1 aromatic heterocycles. The van der Waals surface area contributed by atoms with Gasteiger partial charge in [0.25, 0.3) is 0 Å². The first-order valence-electron chi connectivity index (χ1n) is 7.32. The molecule has 1 aliphatic rings. The number of thioether (sulfide) groups is 1. The zero-order chi connectivity index (χ0) is 15.7. The number of ether oxygens (including phenoxy) is 1. The lowest BCUT2D eigenvalue weighted by Crippen LogP contribution is -2.00. The number of Topliss-reactive ketones (excluding diaryl/α,β-unsaturated/α-hetero) is 1. The van der Waals surface area contributed by atoms with Crippen molar-refractivity contribution in [1.29, 1.82) is 0 Å². The minimum Gasteiger partial charge on any atom is -0.496 e. The lowest BCUT2D eigenvalue weighted by atomic mass is 10.1. The van der Waals surface area contributed by atoms with Crippen LogP contribution in [0.25, 0.3) is 0 Å². The monoisotopic (exact) mass is 317 g/mol. The Morgan fingerprint density at radius 1 is 1.41 bits per heavy atom. The molecule has 0 radical (unpaired) electrons. The molecule has 1 heterocycles. The van der Waals surface area contributed by atoms with Gasteiger partial charge >= 0.3 is 0 Å². The van der Waals surface area contributed by atoms with Crippen LogP contribution in [0.4, 0.5) is 0 Å². The molecule has 0 bridgehead atoms. The zero-order valence-electron chi connectivity index (χ0n) is 13.0. The van der Waals surface area contributed by atoms with Crippen LogP contribution in [0.2, 0.25) is 0 Å². The van der Waals surface area contributed by atoms with Gasteiger partial charge in [0, 0.05) is 22.9 Å². The summed E-state index contributed by atoms with van der Waals surface area (Å²) in [5.74, 6) is 2.53. The highest BCUT2D eigenvalue weighted by Crippen LogP contribution is 2.39. The number of aromatic nitrogens is 3. The van der Waals surface area contributed by atoms with Crippen LogP contribution >= 0.6 is 11.8 Å². The van der Waals surface area contributed by atoms with Crippen LogP contribution in [0.5, 0.6) is 5.75 Å². The Morgan fingerprint density at radius 3 is 2.82 bits per heavy atom. The van der Waals surface area contributed by atoms with Gasteiger partial charge < -0.3 is 9.30 Å². The van der Waals surface area contributed by atoms with Crippen LogP contribution in [-0.2, 0) is 5.75 Å². The van der Waals surface area contributed by atoms with Gasteiger partial charge in [-0.05, 0) is 44.9 Å². The van der Waals surface area contributed by atoms with E-state index in [9.17, 15) is 4.79 Å². The summed E-state index contributed by atoms with van der Waals surface area (Å²) >= 11 is 1.64. The number of benzene rings is 1. The van der Waals surface area contributed by atoms with E-state index >= 15 is 0 Å². The Morgan fingerprint density at radius 2 is 2.18 bits per heavy atom. The molecule has 1 saturated carbocycles. The van der Waals surface area contributed by atoms with E-state index in [0.717, 1.165) is 22.3 Å². The fraction of sp³-hybridized carbons (Fsp3) is 0.438. The lowest BCUT2D eigenvalue weighted by molar-refractivity contribution is 0.101. The van der Waals surface area contributed by atoms with E-state index in [0.29, 0.717) is 17.4 Å². The summed E-state index contributed by atoms with van der Waals surface area (Å²) in [5, 5.41) is 9.40. The Hall–Kier alpha value is -1.82. The minimum absolute atomic E-state index is 0.0610. The number of aryl methyl sites for hydroxylation is 1. The second-order valence-electron chi connectivity index (χ2n) is 5.50. The molecule has 0 aliphatic heterocycles. The number of rotatable bonds is 6. The first-order chi connectivity index (χ1) is 10.6. The molecule has 22 heavy (non-hydrogen) atoms. The van der Waals surface area contributed by atoms with Gasteiger partial charge in [0.2, 0.25) is 0 Å². The Kier molecular flexibility index (Phi) is 4.20. The normalized spacial score (nSPS) is 14.1. The van der Waals surface area contributed by atoms with Crippen LogP contribution < -0.4 is 4.74 Å². The van der Waals surface area contributed by atoms with Crippen molar-refractivity contribution in [3.8, 4) is 5.75 Å². The summed E-state index contributed by atoms with van der Waals surface area (Å²) in [6.07, 6.45) is 2.41. The van der Waals surface area contributed by atoms with Crippen LogP contribution in [0.1, 0.15) is 47.6 Å². The molecule has 0 spiro atoms. The summed E-state index contributed by atoms with van der Waals surface area (Å²) in [5.41, 5.74) is 1.71. The van der Waals surface area contributed by atoms with E-state index in [1.54, 1.807) is 31.9 Å². The van der Waals surface area contributed by atoms with Crippen LogP contribution in [-0.4, -0.2) is 27.7 Å². The highest BCUT2D eigenvalue weighted by atomic mass is 32.2. The Bertz CT molecular complexity index is 707. The number of methoxy groups -OCH3 is 1. The predicted octanol–water partition coefficient (Wildman–Crippen LogP) is 3.42. The minimum atomic E-state index is 0.0610. The van der Waals surface area contributed by atoms with Gasteiger partial charge in [-0.3, -0.25) is 4.79 Å². The van der Waals surface area contributed by atoms with E-state index in [4.69, 9.17) is 4.74 Å². The van der Waals surface area contributed by atoms with Gasteiger partial charge in [-0.25, -0.2) is 0 Å². The number of carbonyl (C=O) groups excluding carboxylic acids is 1. The topological polar surface area (TPSA) is 57.0 Å². The number of hydrogen-bond acceptors (Lipinski definition) is 5. The van der Waals surface area contributed by atoms with E-state index in [2.05, 4.69) is 14.8 Å². The molecule has 116 valence electrons. The maximum atomic E-state index is 11.6. The first-order valence-corrected chi connectivity index (χ1v) is 8.31. The molecule has 6 heteroatoms. The fourth-order valence-corrected chi connectivity index (χ4v) is 3.48. The lowest BCUT2D eigenvalue weighted by Gasteiger charge is -2.10. The average Bonchev–Trinajstić information content (AvgIpc) is 3.28. The van der Waals surface area contributed by atoms with Crippen molar-refractivity contribution in [2.24, 2.45) is 0 Å². The number of hydrogen-bond donors (Lipinski definition) is 0. The summed E-state index contributed by atoms with van der Waals surface area (Å²) in [4.78, 5) is 11.6. The number of carbonyl (C=O) groups is 1. The summed E-state index contributed by atoms with van der Waals surface area (Å²) in [6.45, 7) is 3.57. The van der Waals surface area contributed by atoms with Crippen molar-refractivity contribution in [3.05, 3.63) is 35.2 Å². The Balaban J connectivity index is 1.81. The third-order valence-electron chi connectivity index (χ3n) is 3.79. The van der Waals surface area contributed by atoms with Crippen molar-refractivity contribution in [3.63, 3.8) is 0 Å². The van der Waals surface area contributed by atoms with Crippen LogP contribution in [0, 0.1) is 6.92 Å². The molecule has 0 atom stereocenters. The van der Waals surface area contributed by atoms with E-state index in [1.165, 1.54) is 12.8 Å². The van der Waals surface area contributed by atoms with E-state index in [-0.39, 0.29) is 5.78 Å². The average molecular weight is 317 g/mol. The van der Waals surface area contributed by atoms with Crippen LogP contribution in [0.3, 0.4) is 0 Å². The number of nitrogens with zero attached hydrogens (tertiary/aromatic N) is 3. The van der Waals surface area contributed by atoms with Gasteiger partial charge in [-0.2, -0.15) is 0 Å². The third-order valence-corrected chi connectivity index (χ3v) is 4.78. The second kappa shape index (κ2) is 6.12. The van der Waals surface area contributed by atoms with Gasteiger partial charge in [0.1, 0.15) is 11.6 Å². The highest BCUT2D eigenvalue weighted by molar-refractivity contribution is 7.98. The molecule has 3 rings (SSSR count). The molecule has 2 aromatic rings. The van der Waals surface area contributed by atoms with Crippen molar-refractivity contribution in [1.82, 2.24) is 14.8 Å². The molecule has 0 N–H and O–H groups in total. The van der Waals surface area contributed by atoms with Crippen molar-refractivity contribution < 1.29 is 9.53 Å². The number of ketones is 1. The summed E-state index contributed by atoms with van der Waals surface area (Å²) < 4.78 is 7.61. The molecule has 1 aliphatic carbocycles. The standard InChI is InChI=1S/C16H19N3O2S/c1-10(20)12-4-7-15(21-3)13(8-12)9-22-16-18-17-11(2)19(16)14-5-6-14/h4,7-8,14H,5-6,9H2,1-3H3. The molecule has 1 aromatic carbocycles. The maximum Gasteiger partial charge on any atom is 0.191 e. The molecule has 0 saturated heterocycles. The van der Waals surface area contributed by atoms with Crippen molar-refractivity contribution in [2.45, 2.75) is 43.6 Å². The summed E-state index contributed by atoms with van der Waals surface area (Å²) in [6, 6.07) is 6.11. The quantitative estimate of drug-likeness (QED) is 0.603. The van der Waals surface area contributed by atoms with E-state index in [1.807, 2.05) is 19.1 Å². The molecule has 5 nitrogen and oxygen atoms in total. The van der Waals surface area contributed by atoms with Gasteiger partial charge in [-0.1, -0.05) is 11.8 Å². The van der Waals surface area contributed by atoms with Crippen molar-refractivity contribution in [2.75, 3.05) is 7.11 Å². The SMILES string of the molecule is COc1ccc(C(C)=O)cc1CSc1nnc(C)n1C1CC1. The zero-order valence-corrected chi connectivity index (χ0v) is 13.8. The van der Waals surface area contributed by atoms with Gasteiger partial charge in [-0.15, -0.1) is 10.2 Å². The second-order valence-corrected chi connectivity index (χ2v) is 6.44.